The van der Waals surface area contributed by atoms with E-state index in [-0.39, 0.29) is 5.71 Å². The summed E-state index contributed by atoms with van der Waals surface area (Å²) in [6.45, 7) is -0.718. The summed E-state index contributed by atoms with van der Waals surface area (Å²) in [7, 11) is 0. The van der Waals surface area contributed by atoms with E-state index in [1.54, 1.807) is 0 Å². The molecule has 2 rings (SSSR count). The number of oxime groups is 1. The number of hydrogen-bond acceptors (Lipinski definition) is 3. The Hall–Kier alpha value is -1.63. The maximum absolute atomic E-state index is 12.8. The monoisotopic (exact) mass is 262 g/mol. The molecule has 0 fully saturated rings. The molecule has 0 aliphatic carbocycles. The van der Waals surface area contributed by atoms with E-state index in [4.69, 9.17) is 5.73 Å². The van der Waals surface area contributed by atoms with Crippen LogP contribution in [0.4, 0.5) is 17.6 Å². The van der Waals surface area contributed by atoms with E-state index in [1.165, 1.54) is 12.1 Å². The summed E-state index contributed by atoms with van der Waals surface area (Å²) in [5.74, 6) is -0.473. The summed E-state index contributed by atoms with van der Waals surface area (Å²) in [5.41, 5.74) is 3.16. The molecule has 1 unspecified atom stereocenters. The number of alkyl halides is 3. The molecule has 7 heteroatoms. The van der Waals surface area contributed by atoms with Crippen LogP contribution in [-0.4, -0.2) is 24.0 Å². The first-order valence-electron chi connectivity index (χ1n) is 5.16. The van der Waals surface area contributed by atoms with E-state index < -0.39 is 30.6 Å². The van der Waals surface area contributed by atoms with Crippen LogP contribution in [0.15, 0.2) is 29.4 Å². The molecule has 2 N–H and O–H groups in total. The van der Waals surface area contributed by atoms with Crippen molar-refractivity contribution in [3.63, 3.8) is 0 Å². The maximum atomic E-state index is 12.8. The summed E-state index contributed by atoms with van der Waals surface area (Å²) in [4.78, 5) is 4.50. The molecule has 1 aliphatic heterocycles. The van der Waals surface area contributed by atoms with Gasteiger partial charge in [-0.05, 0) is 17.7 Å². The molecule has 0 bridgehead atoms. The van der Waals surface area contributed by atoms with E-state index in [0.29, 0.717) is 5.56 Å². The zero-order chi connectivity index (χ0) is 13.4. The second-order valence-electron chi connectivity index (χ2n) is 4.01. The van der Waals surface area contributed by atoms with Crippen LogP contribution in [0.2, 0.25) is 0 Å². The SMILES string of the molecule is NCC1(C(F)(F)F)CC(c2ccc(F)cc2)=NO1. The summed E-state index contributed by atoms with van der Waals surface area (Å²) in [5, 5.41) is 3.42. The highest BCUT2D eigenvalue weighted by Gasteiger charge is 2.60. The van der Waals surface area contributed by atoms with Gasteiger partial charge in [0.1, 0.15) is 5.82 Å². The highest BCUT2D eigenvalue weighted by atomic mass is 19.4. The standard InChI is InChI=1S/C11H10F4N2O/c12-8-3-1-7(2-4-8)9-5-10(6-16,18-17-9)11(13,14)15/h1-4H,5-6,16H2. The van der Waals surface area contributed by atoms with Crippen molar-refractivity contribution >= 4 is 5.71 Å². The van der Waals surface area contributed by atoms with Gasteiger partial charge in [0.25, 0.3) is 0 Å². The average molecular weight is 262 g/mol. The number of halogens is 4. The first kappa shape index (κ1) is 12.8. The highest BCUT2D eigenvalue weighted by Crippen LogP contribution is 2.40. The number of rotatable bonds is 2. The van der Waals surface area contributed by atoms with Gasteiger partial charge >= 0.3 is 6.18 Å². The predicted molar refractivity (Wildman–Crippen MR) is 56.5 cm³/mol. The summed E-state index contributed by atoms with van der Waals surface area (Å²) < 4.78 is 51.2. The molecule has 3 nitrogen and oxygen atoms in total. The lowest BCUT2D eigenvalue weighted by molar-refractivity contribution is -0.264. The topological polar surface area (TPSA) is 47.6 Å². The van der Waals surface area contributed by atoms with Crippen molar-refractivity contribution in [2.75, 3.05) is 6.54 Å². The average Bonchev–Trinajstić information content (AvgIpc) is 2.75. The molecule has 1 aliphatic rings. The first-order chi connectivity index (χ1) is 8.38. The largest absolute Gasteiger partial charge is 0.432 e. The Labute approximate surface area is 100 Å². The fraction of sp³-hybridized carbons (Fsp3) is 0.364. The Kier molecular flexibility index (Phi) is 3.02. The van der Waals surface area contributed by atoms with Crippen molar-refractivity contribution in [2.45, 2.75) is 18.2 Å². The van der Waals surface area contributed by atoms with Gasteiger partial charge in [-0.1, -0.05) is 17.3 Å². The molecule has 0 radical (unpaired) electrons. The minimum absolute atomic E-state index is 0.109. The summed E-state index contributed by atoms with van der Waals surface area (Å²) >= 11 is 0. The van der Waals surface area contributed by atoms with Crippen LogP contribution >= 0.6 is 0 Å². The quantitative estimate of drug-likeness (QED) is 0.831. The fourth-order valence-corrected chi connectivity index (χ4v) is 1.65. The van der Waals surface area contributed by atoms with Crippen LogP contribution in [0.5, 0.6) is 0 Å². The summed E-state index contributed by atoms with van der Waals surface area (Å²) in [6, 6.07) is 4.99. The third-order valence-electron chi connectivity index (χ3n) is 2.81. The van der Waals surface area contributed by atoms with Crippen molar-refractivity contribution < 1.29 is 22.4 Å². The van der Waals surface area contributed by atoms with Crippen LogP contribution in [0, 0.1) is 5.82 Å². The Morgan fingerprint density at radius 2 is 1.89 bits per heavy atom. The lowest BCUT2D eigenvalue weighted by atomic mass is 9.93. The zero-order valence-corrected chi connectivity index (χ0v) is 9.17. The maximum Gasteiger partial charge on any atom is 0.432 e. The number of benzene rings is 1. The van der Waals surface area contributed by atoms with Crippen molar-refractivity contribution in [2.24, 2.45) is 10.9 Å². The van der Waals surface area contributed by atoms with Gasteiger partial charge in [0, 0.05) is 13.0 Å². The predicted octanol–water partition coefficient (Wildman–Crippen LogP) is 2.21. The Balaban J connectivity index is 2.23. The molecule has 0 spiro atoms. The molecular formula is C11H10F4N2O. The van der Waals surface area contributed by atoms with Crippen LogP contribution in [0.1, 0.15) is 12.0 Å². The van der Waals surface area contributed by atoms with Gasteiger partial charge in [-0.2, -0.15) is 13.2 Å². The van der Waals surface area contributed by atoms with Crippen molar-refractivity contribution in [1.82, 2.24) is 0 Å². The minimum Gasteiger partial charge on any atom is -0.377 e. The van der Waals surface area contributed by atoms with E-state index in [0.717, 1.165) is 12.1 Å². The second-order valence-corrected chi connectivity index (χ2v) is 4.01. The molecule has 18 heavy (non-hydrogen) atoms. The van der Waals surface area contributed by atoms with Gasteiger partial charge in [0.15, 0.2) is 0 Å². The van der Waals surface area contributed by atoms with Crippen molar-refractivity contribution in [1.29, 1.82) is 0 Å². The Morgan fingerprint density at radius 3 is 2.33 bits per heavy atom. The molecule has 0 saturated carbocycles. The third kappa shape index (κ3) is 2.05. The van der Waals surface area contributed by atoms with Crippen LogP contribution in [0.3, 0.4) is 0 Å². The third-order valence-corrected chi connectivity index (χ3v) is 2.81. The molecule has 1 atom stereocenters. The van der Waals surface area contributed by atoms with Crippen LogP contribution in [0.25, 0.3) is 0 Å². The lowest BCUT2D eigenvalue weighted by Crippen LogP contribution is -2.51. The molecule has 0 aromatic heterocycles. The van der Waals surface area contributed by atoms with Gasteiger partial charge in [-0.15, -0.1) is 0 Å². The Morgan fingerprint density at radius 1 is 1.28 bits per heavy atom. The minimum atomic E-state index is -4.60. The van der Waals surface area contributed by atoms with Gasteiger partial charge in [0.05, 0.1) is 5.71 Å². The number of nitrogens with two attached hydrogens (primary N) is 1. The second kappa shape index (κ2) is 4.24. The fourth-order valence-electron chi connectivity index (χ4n) is 1.65. The van der Waals surface area contributed by atoms with Gasteiger partial charge < -0.3 is 10.6 Å². The van der Waals surface area contributed by atoms with E-state index >= 15 is 0 Å². The van der Waals surface area contributed by atoms with E-state index in [9.17, 15) is 17.6 Å². The summed E-state index contributed by atoms with van der Waals surface area (Å²) in [6.07, 6.45) is -5.08. The molecule has 0 saturated heterocycles. The van der Waals surface area contributed by atoms with Crippen LogP contribution in [-0.2, 0) is 4.84 Å². The normalized spacial score (nSPS) is 23.7. The molecule has 0 amide bonds. The smallest absolute Gasteiger partial charge is 0.377 e. The van der Waals surface area contributed by atoms with Crippen molar-refractivity contribution in [3.05, 3.63) is 35.6 Å². The Bertz CT molecular complexity index is 469. The number of nitrogens with zero attached hydrogens (tertiary/aromatic N) is 1. The van der Waals surface area contributed by atoms with E-state index in [1.807, 2.05) is 0 Å². The highest BCUT2D eigenvalue weighted by molar-refractivity contribution is 6.01. The van der Waals surface area contributed by atoms with Gasteiger partial charge in [0.2, 0.25) is 5.60 Å². The number of hydrogen-bond donors (Lipinski definition) is 1. The van der Waals surface area contributed by atoms with Gasteiger partial charge in [-0.25, -0.2) is 4.39 Å². The zero-order valence-electron chi connectivity index (χ0n) is 9.17. The van der Waals surface area contributed by atoms with Crippen molar-refractivity contribution in [3.8, 4) is 0 Å². The lowest BCUT2D eigenvalue weighted by Gasteiger charge is -2.27. The first-order valence-corrected chi connectivity index (χ1v) is 5.16. The molecular weight excluding hydrogens is 252 g/mol. The van der Waals surface area contributed by atoms with E-state index in [2.05, 4.69) is 9.99 Å². The molecule has 1 aromatic rings. The molecule has 1 heterocycles. The molecule has 1 aromatic carbocycles. The van der Waals surface area contributed by atoms with Crippen LogP contribution < -0.4 is 5.73 Å². The van der Waals surface area contributed by atoms with Gasteiger partial charge in [-0.3, -0.25) is 0 Å². The molecule has 98 valence electrons.